The highest BCUT2D eigenvalue weighted by atomic mass is 35.5. The van der Waals surface area contributed by atoms with Gasteiger partial charge in [0.1, 0.15) is 11.9 Å². The second-order valence-electron chi connectivity index (χ2n) is 4.61. The molecular formula is C13H14ClFN2O3. The lowest BCUT2D eigenvalue weighted by molar-refractivity contribution is -0.143. The molecule has 1 heterocycles. The van der Waals surface area contributed by atoms with Crippen molar-refractivity contribution < 1.29 is 19.1 Å². The van der Waals surface area contributed by atoms with Crippen LogP contribution in [0.4, 0.5) is 4.39 Å². The lowest BCUT2D eigenvalue weighted by Crippen LogP contribution is -2.55. The number of hydrogen-bond donors (Lipinski definition) is 2. The quantitative estimate of drug-likeness (QED) is 0.878. The second kappa shape index (κ2) is 6.19. The predicted octanol–water partition coefficient (Wildman–Crippen LogP) is 1.25. The first-order chi connectivity index (χ1) is 9.47. The van der Waals surface area contributed by atoms with Gasteiger partial charge in [-0.3, -0.25) is 14.5 Å². The summed E-state index contributed by atoms with van der Waals surface area (Å²) >= 11 is 5.96. The fourth-order valence-corrected chi connectivity index (χ4v) is 2.43. The van der Waals surface area contributed by atoms with E-state index < -0.39 is 17.8 Å². The van der Waals surface area contributed by atoms with Crippen LogP contribution < -0.4 is 5.32 Å². The molecule has 0 aliphatic carbocycles. The third-order valence-corrected chi connectivity index (χ3v) is 3.55. The van der Waals surface area contributed by atoms with Crippen LogP contribution in [0.1, 0.15) is 12.0 Å². The lowest BCUT2D eigenvalue weighted by atomic mass is 10.1. The third-order valence-electron chi connectivity index (χ3n) is 3.20. The highest BCUT2D eigenvalue weighted by Crippen LogP contribution is 2.21. The van der Waals surface area contributed by atoms with Gasteiger partial charge < -0.3 is 10.4 Å². The molecule has 108 valence electrons. The van der Waals surface area contributed by atoms with Crippen LogP contribution in [0.2, 0.25) is 5.02 Å². The van der Waals surface area contributed by atoms with Crippen molar-refractivity contribution in [3.05, 3.63) is 34.6 Å². The lowest BCUT2D eigenvalue weighted by Gasteiger charge is -2.34. The standard InChI is InChI=1S/C13H14ClFN2O3/c14-10-5-9(15)2-1-8(10)7-17-4-3-16-13(20)11(17)6-12(18)19/h1-2,5,11H,3-4,6-7H2,(H,16,20)(H,18,19)/t11-/m1/s1. The fraction of sp³-hybridized carbons (Fsp3) is 0.385. The van der Waals surface area contributed by atoms with Gasteiger partial charge in [0.2, 0.25) is 5.91 Å². The van der Waals surface area contributed by atoms with Gasteiger partial charge in [0.25, 0.3) is 0 Å². The van der Waals surface area contributed by atoms with Gasteiger partial charge in [-0.1, -0.05) is 17.7 Å². The number of carboxylic acid groups (broad SMARTS) is 1. The number of piperazine rings is 1. The van der Waals surface area contributed by atoms with Crippen LogP contribution in [-0.2, 0) is 16.1 Å². The largest absolute Gasteiger partial charge is 0.481 e. The van der Waals surface area contributed by atoms with E-state index in [1.807, 2.05) is 0 Å². The third kappa shape index (κ3) is 3.46. The van der Waals surface area contributed by atoms with Crippen LogP contribution >= 0.6 is 11.6 Å². The average Bonchev–Trinajstić information content (AvgIpc) is 2.36. The highest BCUT2D eigenvalue weighted by molar-refractivity contribution is 6.31. The number of rotatable bonds is 4. The molecule has 1 aromatic carbocycles. The number of carboxylic acids is 1. The normalized spacial score (nSPS) is 19.7. The van der Waals surface area contributed by atoms with E-state index in [1.54, 1.807) is 11.0 Å². The van der Waals surface area contributed by atoms with Crippen molar-refractivity contribution >= 4 is 23.5 Å². The summed E-state index contributed by atoms with van der Waals surface area (Å²) in [6.07, 6.45) is -0.273. The van der Waals surface area contributed by atoms with E-state index in [4.69, 9.17) is 16.7 Å². The maximum Gasteiger partial charge on any atom is 0.305 e. The molecule has 1 fully saturated rings. The van der Waals surface area contributed by atoms with E-state index in [1.165, 1.54) is 12.1 Å². The fourth-order valence-electron chi connectivity index (χ4n) is 2.21. The molecule has 0 radical (unpaired) electrons. The van der Waals surface area contributed by atoms with E-state index in [0.717, 1.165) is 0 Å². The molecule has 0 spiro atoms. The molecule has 0 unspecified atom stereocenters. The summed E-state index contributed by atoms with van der Waals surface area (Å²) in [6.45, 7) is 1.29. The number of amides is 1. The van der Waals surface area contributed by atoms with E-state index >= 15 is 0 Å². The SMILES string of the molecule is O=C(O)C[C@@H]1C(=O)NCCN1Cc1ccc(F)cc1Cl. The Labute approximate surface area is 120 Å². The molecule has 0 aromatic heterocycles. The number of halogens is 2. The number of aliphatic carboxylic acids is 1. The van der Waals surface area contributed by atoms with Crippen molar-refractivity contribution in [2.75, 3.05) is 13.1 Å². The molecule has 1 aliphatic rings. The molecule has 1 atom stereocenters. The van der Waals surface area contributed by atoms with Gasteiger partial charge in [0, 0.05) is 24.7 Å². The molecule has 5 nitrogen and oxygen atoms in total. The van der Waals surface area contributed by atoms with Crippen LogP contribution in [0.25, 0.3) is 0 Å². The number of hydrogen-bond acceptors (Lipinski definition) is 3. The number of nitrogens with zero attached hydrogens (tertiary/aromatic N) is 1. The van der Waals surface area contributed by atoms with Gasteiger partial charge in [-0.2, -0.15) is 0 Å². The highest BCUT2D eigenvalue weighted by Gasteiger charge is 2.31. The zero-order chi connectivity index (χ0) is 14.7. The zero-order valence-electron chi connectivity index (χ0n) is 10.6. The summed E-state index contributed by atoms with van der Waals surface area (Å²) in [7, 11) is 0. The number of nitrogens with one attached hydrogen (secondary N) is 1. The average molecular weight is 301 g/mol. The van der Waals surface area contributed by atoms with Gasteiger partial charge in [-0.15, -0.1) is 0 Å². The predicted molar refractivity (Wildman–Crippen MR) is 70.9 cm³/mol. The Hall–Kier alpha value is -1.66. The Balaban J connectivity index is 2.16. The minimum atomic E-state index is -1.04. The first-order valence-electron chi connectivity index (χ1n) is 6.15. The summed E-state index contributed by atoms with van der Waals surface area (Å²) in [4.78, 5) is 24.3. The molecule has 1 amide bonds. The van der Waals surface area contributed by atoms with Crippen molar-refractivity contribution in [2.24, 2.45) is 0 Å². The van der Waals surface area contributed by atoms with Crippen molar-refractivity contribution in [3.8, 4) is 0 Å². The van der Waals surface area contributed by atoms with E-state index in [9.17, 15) is 14.0 Å². The van der Waals surface area contributed by atoms with Crippen molar-refractivity contribution in [1.82, 2.24) is 10.2 Å². The summed E-state index contributed by atoms with van der Waals surface area (Å²) in [5, 5.41) is 11.8. The molecule has 0 bridgehead atoms. The van der Waals surface area contributed by atoms with Gasteiger partial charge in [0.05, 0.1) is 6.42 Å². The first-order valence-corrected chi connectivity index (χ1v) is 6.52. The summed E-state index contributed by atoms with van der Waals surface area (Å²) < 4.78 is 13.0. The van der Waals surface area contributed by atoms with E-state index in [0.29, 0.717) is 25.2 Å². The van der Waals surface area contributed by atoms with Crippen molar-refractivity contribution in [2.45, 2.75) is 19.0 Å². The van der Waals surface area contributed by atoms with Gasteiger partial charge in [0.15, 0.2) is 0 Å². The summed E-state index contributed by atoms with van der Waals surface area (Å²) in [5.74, 6) is -1.78. The molecule has 1 aliphatic heterocycles. The molecule has 1 saturated heterocycles. The van der Waals surface area contributed by atoms with E-state index in [2.05, 4.69) is 5.32 Å². The smallest absolute Gasteiger partial charge is 0.305 e. The van der Waals surface area contributed by atoms with Crippen molar-refractivity contribution in [1.29, 1.82) is 0 Å². The minimum absolute atomic E-state index is 0.269. The summed E-state index contributed by atoms with van der Waals surface area (Å²) in [5.41, 5.74) is 0.665. The van der Waals surface area contributed by atoms with Crippen LogP contribution in [0.3, 0.4) is 0 Å². The Kier molecular flexibility index (Phi) is 4.57. The molecule has 7 heteroatoms. The van der Waals surface area contributed by atoms with Crippen LogP contribution in [-0.4, -0.2) is 41.0 Å². The molecule has 0 saturated carbocycles. The number of benzene rings is 1. The molecule has 1 aromatic rings. The number of carbonyl (C=O) groups is 2. The number of carbonyl (C=O) groups excluding carboxylic acids is 1. The monoisotopic (exact) mass is 300 g/mol. The molecule has 20 heavy (non-hydrogen) atoms. The van der Waals surface area contributed by atoms with Gasteiger partial charge in [-0.25, -0.2) is 4.39 Å². The minimum Gasteiger partial charge on any atom is -0.481 e. The second-order valence-corrected chi connectivity index (χ2v) is 5.02. The molecule has 2 N–H and O–H groups in total. The van der Waals surface area contributed by atoms with Crippen LogP contribution in [0.15, 0.2) is 18.2 Å². The molecular weight excluding hydrogens is 287 g/mol. The maximum absolute atomic E-state index is 13.0. The van der Waals surface area contributed by atoms with E-state index in [-0.39, 0.29) is 17.4 Å². The van der Waals surface area contributed by atoms with Crippen LogP contribution in [0, 0.1) is 5.82 Å². The van der Waals surface area contributed by atoms with Crippen LogP contribution in [0.5, 0.6) is 0 Å². The topological polar surface area (TPSA) is 69.6 Å². The van der Waals surface area contributed by atoms with Crippen molar-refractivity contribution in [3.63, 3.8) is 0 Å². The van der Waals surface area contributed by atoms with Gasteiger partial charge >= 0.3 is 5.97 Å². The Morgan fingerprint density at radius 3 is 2.95 bits per heavy atom. The van der Waals surface area contributed by atoms with Gasteiger partial charge in [-0.05, 0) is 17.7 Å². The Morgan fingerprint density at radius 2 is 2.30 bits per heavy atom. The maximum atomic E-state index is 13.0. The Bertz CT molecular complexity index is 538. The first kappa shape index (κ1) is 14.7. The Morgan fingerprint density at radius 1 is 1.55 bits per heavy atom. The summed E-state index contributed by atoms with van der Waals surface area (Å²) in [6, 6.07) is 3.30. The molecule has 2 rings (SSSR count). The zero-order valence-corrected chi connectivity index (χ0v) is 11.4.